The highest BCUT2D eigenvalue weighted by atomic mass is 16.1. The smallest absolute Gasteiger partial charge is 0.220 e. The molecule has 1 aliphatic heterocycles. The normalized spacial score (nSPS) is 37.1. The maximum atomic E-state index is 12.6. The van der Waals surface area contributed by atoms with E-state index in [0.717, 1.165) is 55.2 Å². The summed E-state index contributed by atoms with van der Waals surface area (Å²) in [6.07, 6.45) is 11.1. The van der Waals surface area contributed by atoms with Gasteiger partial charge in [-0.3, -0.25) is 4.79 Å². The van der Waals surface area contributed by atoms with Crippen molar-refractivity contribution in [3.63, 3.8) is 0 Å². The Labute approximate surface area is 137 Å². The van der Waals surface area contributed by atoms with Crippen molar-refractivity contribution in [1.29, 1.82) is 0 Å². The number of carbonyl (C=O) groups is 1. The van der Waals surface area contributed by atoms with E-state index in [9.17, 15) is 4.79 Å². The van der Waals surface area contributed by atoms with E-state index < -0.39 is 0 Å². The van der Waals surface area contributed by atoms with Crippen LogP contribution in [0, 0.1) is 23.2 Å². The molecule has 0 saturated heterocycles. The maximum Gasteiger partial charge on any atom is 0.220 e. The fraction of sp³-hybridized carbons (Fsp3) is 0.833. The van der Waals surface area contributed by atoms with E-state index in [1.54, 1.807) is 0 Å². The van der Waals surface area contributed by atoms with Crippen LogP contribution in [0.4, 0.5) is 0 Å². The molecule has 0 radical (unpaired) electrons. The Hall–Kier alpha value is -1.39. The summed E-state index contributed by atoms with van der Waals surface area (Å²) in [4.78, 5) is 12.6. The minimum atomic E-state index is 0.224. The molecular formula is C18H26N4O. The maximum absolute atomic E-state index is 12.6. The van der Waals surface area contributed by atoms with Crippen LogP contribution in [0.5, 0.6) is 0 Å². The summed E-state index contributed by atoms with van der Waals surface area (Å²) >= 11 is 0. The lowest BCUT2D eigenvalue weighted by Crippen LogP contribution is -2.48. The number of carbonyl (C=O) groups excluding carboxylic acids is 1. The number of rotatable bonds is 4. The lowest BCUT2D eigenvalue weighted by atomic mass is 9.49. The Morgan fingerprint density at radius 1 is 1.13 bits per heavy atom. The predicted molar refractivity (Wildman–Crippen MR) is 85.4 cm³/mol. The third kappa shape index (κ3) is 2.39. The molecule has 1 aromatic heterocycles. The quantitative estimate of drug-likeness (QED) is 0.928. The molecular weight excluding hydrogens is 288 g/mol. The summed E-state index contributed by atoms with van der Waals surface area (Å²) in [5.74, 6) is 4.96. The molecule has 1 aromatic rings. The van der Waals surface area contributed by atoms with E-state index >= 15 is 0 Å². The van der Waals surface area contributed by atoms with Crippen molar-refractivity contribution in [3.8, 4) is 0 Å². The molecule has 5 aliphatic rings. The number of fused-ring (bicyclic) bond motifs is 1. The molecule has 5 nitrogen and oxygen atoms in total. The SMILES string of the molecule is O=C(CC12CC3CC(CC(C3)C1)C2)NCc1nnc2n1CCC2. The zero-order valence-corrected chi connectivity index (χ0v) is 13.8. The number of aryl methyl sites for hydroxylation is 1. The van der Waals surface area contributed by atoms with Gasteiger partial charge in [0.05, 0.1) is 6.54 Å². The van der Waals surface area contributed by atoms with Crippen LogP contribution in [0.2, 0.25) is 0 Å². The molecule has 4 saturated carbocycles. The van der Waals surface area contributed by atoms with Gasteiger partial charge in [0.25, 0.3) is 0 Å². The number of nitrogens with zero attached hydrogens (tertiary/aromatic N) is 3. The van der Waals surface area contributed by atoms with Gasteiger partial charge in [0.2, 0.25) is 5.91 Å². The van der Waals surface area contributed by atoms with E-state index in [2.05, 4.69) is 20.1 Å². The minimum Gasteiger partial charge on any atom is -0.349 e. The second-order valence-electron chi connectivity index (χ2n) is 8.66. The Morgan fingerprint density at radius 2 is 1.83 bits per heavy atom. The number of amides is 1. The van der Waals surface area contributed by atoms with Gasteiger partial charge < -0.3 is 9.88 Å². The first-order chi connectivity index (χ1) is 11.2. The standard InChI is InChI=1S/C18H26N4O/c23-17(19-11-16-21-20-15-2-1-3-22(15)16)10-18-7-12-4-13(8-18)6-14(5-12)9-18/h12-14H,1-11H2,(H,19,23). The van der Waals surface area contributed by atoms with Crippen LogP contribution in [-0.4, -0.2) is 20.7 Å². The van der Waals surface area contributed by atoms with E-state index in [1.165, 1.54) is 38.5 Å². The van der Waals surface area contributed by atoms with Gasteiger partial charge in [0.15, 0.2) is 5.82 Å². The summed E-state index contributed by atoms with van der Waals surface area (Å²) in [6, 6.07) is 0. The van der Waals surface area contributed by atoms with Crippen molar-refractivity contribution < 1.29 is 4.79 Å². The Bertz CT molecular complexity index is 600. The highest BCUT2D eigenvalue weighted by molar-refractivity contribution is 5.76. The molecule has 5 heteroatoms. The monoisotopic (exact) mass is 314 g/mol. The summed E-state index contributed by atoms with van der Waals surface area (Å²) in [7, 11) is 0. The molecule has 1 amide bonds. The topological polar surface area (TPSA) is 59.8 Å². The van der Waals surface area contributed by atoms with Crippen LogP contribution in [0.1, 0.15) is 63.0 Å². The van der Waals surface area contributed by atoms with Gasteiger partial charge in [-0.25, -0.2) is 0 Å². The van der Waals surface area contributed by atoms with E-state index in [4.69, 9.17) is 0 Å². The van der Waals surface area contributed by atoms with E-state index in [1.807, 2.05) is 0 Å². The van der Waals surface area contributed by atoms with Crippen LogP contribution in [0.3, 0.4) is 0 Å². The third-order valence-corrected chi connectivity index (χ3v) is 6.83. The minimum absolute atomic E-state index is 0.224. The first-order valence-electron chi connectivity index (χ1n) is 9.37. The number of hydrogen-bond acceptors (Lipinski definition) is 3. The highest BCUT2D eigenvalue weighted by Gasteiger charge is 2.51. The van der Waals surface area contributed by atoms with Crippen LogP contribution >= 0.6 is 0 Å². The summed E-state index contributed by atoms with van der Waals surface area (Å²) in [5.41, 5.74) is 0.325. The molecule has 2 heterocycles. The molecule has 0 unspecified atom stereocenters. The first kappa shape index (κ1) is 14.0. The summed E-state index contributed by atoms with van der Waals surface area (Å²) in [6.45, 7) is 1.54. The second-order valence-corrected chi connectivity index (χ2v) is 8.66. The molecule has 0 spiro atoms. The largest absolute Gasteiger partial charge is 0.349 e. The van der Waals surface area contributed by atoms with Crippen molar-refractivity contribution in [2.45, 2.75) is 70.9 Å². The number of aromatic nitrogens is 3. The molecule has 4 fully saturated rings. The summed E-state index contributed by atoms with van der Waals surface area (Å²) < 4.78 is 2.17. The van der Waals surface area contributed by atoms with Gasteiger partial charge in [-0.15, -0.1) is 10.2 Å². The Balaban J connectivity index is 1.22. The van der Waals surface area contributed by atoms with Crippen LogP contribution in [-0.2, 0) is 24.3 Å². The number of nitrogens with one attached hydrogen (secondary N) is 1. The highest BCUT2D eigenvalue weighted by Crippen LogP contribution is 2.61. The average molecular weight is 314 g/mol. The van der Waals surface area contributed by atoms with Gasteiger partial charge >= 0.3 is 0 Å². The van der Waals surface area contributed by atoms with E-state index in [0.29, 0.717) is 12.0 Å². The van der Waals surface area contributed by atoms with Gasteiger partial charge in [0, 0.05) is 19.4 Å². The lowest BCUT2D eigenvalue weighted by molar-refractivity contribution is -0.129. The molecule has 0 atom stereocenters. The average Bonchev–Trinajstić information content (AvgIpc) is 3.06. The first-order valence-corrected chi connectivity index (χ1v) is 9.37. The third-order valence-electron chi connectivity index (χ3n) is 6.83. The van der Waals surface area contributed by atoms with Crippen molar-refractivity contribution in [1.82, 2.24) is 20.1 Å². The fourth-order valence-corrected chi connectivity index (χ4v) is 6.43. The summed E-state index contributed by atoms with van der Waals surface area (Å²) in [5, 5.41) is 11.6. The van der Waals surface area contributed by atoms with Gasteiger partial charge in [-0.1, -0.05) is 0 Å². The van der Waals surface area contributed by atoms with Crippen LogP contribution < -0.4 is 5.32 Å². The molecule has 23 heavy (non-hydrogen) atoms. The van der Waals surface area contributed by atoms with Crippen LogP contribution in [0.15, 0.2) is 0 Å². The van der Waals surface area contributed by atoms with Crippen molar-refractivity contribution in [2.75, 3.05) is 0 Å². The van der Waals surface area contributed by atoms with Crippen molar-refractivity contribution in [3.05, 3.63) is 11.6 Å². The second kappa shape index (κ2) is 5.05. The Morgan fingerprint density at radius 3 is 2.52 bits per heavy atom. The molecule has 0 aromatic carbocycles. The Kier molecular flexibility index (Phi) is 3.07. The van der Waals surface area contributed by atoms with Gasteiger partial charge in [-0.2, -0.15) is 0 Å². The van der Waals surface area contributed by atoms with Crippen LogP contribution in [0.25, 0.3) is 0 Å². The molecule has 4 bridgehead atoms. The molecule has 124 valence electrons. The lowest BCUT2D eigenvalue weighted by Gasteiger charge is -2.56. The fourth-order valence-electron chi connectivity index (χ4n) is 6.43. The molecule has 1 N–H and O–H groups in total. The van der Waals surface area contributed by atoms with Crippen molar-refractivity contribution >= 4 is 5.91 Å². The zero-order chi connectivity index (χ0) is 15.4. The van der Waals surface area contributed by atoms with Crippen molar-refractivity contribution in [2.24, 2.45) is 23.2 Å². The van der Waals surface area contributed by atoms with E-state index in [-0.39, 0.29) is 5.91 Å². The molecule has 4 aliphatic carbocycles. The molecule has 6 rings (SSSR count). The predicted octanol–water partition coefficient (Wildman–Crippen LogP) is 2.45. The zero-order valence-electron chi connectivity index (χ0n) is 13.8. The van der Waals surface area contributed by atoms with Gasteiger partial charge in [0.1, 0.15) is 5.82 Å². The van der Waals surface area contributed by atoms with Gasteiger partial charge in [-0.05, 0) is 68.1 Å². The number of hydrogen-bond donors (Lipinski definition) is 1.